The second kappa shape index (κ2) is 37.1. The summed E-state index contributed by atoms with van der Waals surface area (Å²) < 4.78 is 10.3. The molecule has 454 valence electrons. The van der Waals surface area contributed by atoms with E-state index in [0.717, 1.165) is 17.3 Å². The SMILES string of the molecule is CC(C)NC(=O)c1ccc(C(=O)O)cn1.CC(C)NC(=O)c1ccc(C(=O)OCc2ccccc2)cn1.CC(C)NC(=O)c1ccc(Cl)cn1.CC(C)NC(=O)c1ccc(N)cn1.CC(C)NC(=O)c1ccc(NC(=O)OCc2ccccc2)cn1. The average molecular weight is 1200 g/mol. The van der Waals surface area contributed by atoms with Crippen molar-refractivity contribution in [2.24, 2.45) is 0 Å². The Labute approximate surface area is 504 Å². The second-order valence-corrected chi connectivity index (χ2v) is 20.3. The highest BCUT2D eigenvalue weighted by atomic mass is 35.5. The lowest BCUT2D eigenvalue weighted by atomic mass is 10.2. The number of esters is 1. The Kier molecular flexibility index (Phi) is 30.3. The van der Waals surface area contributed by atoms with Crippen LogP contribution in [-0.4, -0.2) is 108 Å². The summed E-state index contributed by atoms with van der Waals surface area (Å²) in [5, 5.41) is 25.3. The van der Waals surface area contributed by atoms with E-state index < -0.39 is 18.0 Å². The number of hydrogen-bond donors (Lipinski definition) is 8. The quantitative estimate of drug-likeness (QED) is 0.0394. The number of carbonyl (C=O) groups is 8. The van der Waals surface area contributed by atoms with Crippen LogP contribution in [0.4, 0.5) is 16.2 Å². The number of rotatable bonds is 17. The number of pyridine rings is 5. The van der Waals surface area contributed by atoms with E-state index in [0.29, 0.717) is 39.0 Å². The lowest BCUT2D eigenvalue weighted by Gasteiger charge is -2.09. The maximum atomic E-state index is 11.9. The molecule has 7 aromatic rings. The first-order valence-electron chi connectivity index (χ1n) is 27.0. The van der Waals surface area contributed by atoms with E-state index in [4.69, 9.17) is 31.9 Å². The van der Waals surface area contributed by atoms with E-state index in [2.05, 4.69) is 56.8 Å². The molecule has 7 rings (SSSR count). The molecule has 23 nitrogen and oxygen atoms in total. The highest BCUT2D eigenvalue weighted by molar-refractivity contribution is 6.30. The molecule has 86 heavy (non-hydrogen) atoms. The van der Waals surface area contributed by atoms with Gasteiger partial charge in [0.05, 0.1) is 39.9 Å². The number of carboxylic acid groups (broad SMARTS) is 1. The molecule has 0 atom stereocenters. The fourth-order valence-corrected chi connectivity index (χ4v) is 6.43. The molecule has 0 spiro atoms. The molecule has 5 aromatic heterocycles. The Morgan fingerprint density at radius 2 is 0.779 bits per heavy atom. The highest BCUT2D eigenvalue weighted by Gasteiger charge is 2.15. The van der Waals surface area contributed by atoms with Crippen LogP contribution in [0.15, 0.2) is 152 Å². The third-order valence-electron chi connectivity index (χ3n) is 10.2. The molecule has 24 heteroatoms. The number of nitrogens with two attached hydrogens (primary N) is 1. The van der Waals surface area contributed by atoms with E-state index >= 15 is 0 Å². The molecule has 0 saturated carbocycles. The number of aromatic nitrogens is 5. The topological polar surface area (TPSA) is 338 Å². The number of halogens is 1. The van der Waals surface area contributed by atoms with Gasteiger partial charge in [0.2, 0.25) is 0 Å². The highest BCUT2D eigenvalue weighted by Crippen LogP contribution is 2.11. The smallest absolute Gasteiger partial charge is 0.412 e. The number of nitrogens with one attached hydrogen (secondary N) is 6. The van der Waals surface area contributed by atoms with Crippen LogP contribution < -0.4 is 37.6 Å². The van der Waals surface area contributed by atoms with Gasteiger partial charge in [-0.2, -0.15) is 0 Å². The van der Waals surface area contributed by atoms with Crippen LogP contribution in [0.3, 0.4) is 0 Å². The Bertz CT molecular complexity index is 3180. The number of carbonyl (C=O) groups excluding carboxylic acids is 7. The normalized spacial score (nSPS) is 10.2. The number of amides is 6. The van der Waals surface area contributed by atoms with Gasteiger partial charge in [0.25, 0.3) is 29.5 Å². The van der Waals surface area contributed by atoms with Gasteiger partial charge in [-0.05, 0) is 141 Å². The number of nitrogens with zero attached hydrogens (tertiary/aromatic N) is 5. The van der Waals surface area contributed by atoms with Gasteiger partial charge < -0.3 is 46.9 Å². The average Bonchev–Trinajstić information content (AvgIpc) is 3.69. The lowest BCUT2D eigenvalue weighted by molar-refractivity contribution is 0.0470. The van der Waals surface area contributed by atoms with E-state index in [9.17, 15) is 38.4 Å². The second-order valence-electron chi connectivity index (χ2n) is 19.8. The van der Waals surface area contributed by atoms with Gasteiger partial charge in [-0.15, -0.1) is 0 Å². The summed E-state index contributed by atoms with van der Waals surface area (Å²) in [5.41, 5.74) is 10.2. The van der Waals surface area contributed by atoms with Crippen LogP contribution in [0.25, 0.3) is 0 Å². The minimum atomic E-state index is -1.06. The standard InChI is InChI=1S/C17H19N3O3.C17H18N2O3.C10H12N2O3.C9H11ClN2O.C9H13N3O/c1-12(2)19-16(21)15-9-8-14(10-18-15)20-17(22)23-11-13-6-4-3-5-7-13;1-12(2)19-16(20)15-9-8-14(10-18-15)17(21)22-11-13-6-4-3-5-7-13;1-6(2)12-9(13)8-4-3-7(5-11-8)10(14)15;2*1-6(2)12-9(13)8-4-3-7(10)5-11-8/h3-10,12H,11H2,1-2H3,(H,19,21)(H,20,22);3-10,12H,11H2,1-2H3,(H,19,20);3-6H,1-2H3,(H,12,13)(H,14,15);3-6H,1-2H3,(H,12,13);3-6H,10H2,1-2H3,(H,12,13). The largest absolute Gasteiger partial charge is 0.478 e. The van der Waals surface area contributed by atoms with Gasteiger partial charge in [-0.1, -0.05) is 72.3 Å². The van der Waals surface area contributed by atoms with Crippen molar-refractivity contribution in [3.63, 3.8) is 0 Å². The zero-order valence-electron chi connectivity index (χ0n) is 49.5. The molecule has 0 unspecified atom stereocenters. The molecule has 0 radical (unpaired) electrons. The van der Waals surface area contributed by atoms with Crippen molar-refractivity contribution in [2.45, 2.75) is 113 Å². The van der Waals surface area contributed by atoms with Crippen molar-refractivity contribution in [2.75, 3.05) is 11.1 Å². The predicted octanol–water partition coefficient (Wildman–Crippen LogP) is 9.14. The molecule has 6 amide bonds. The summed E-state index contributed by atoms with van der Waals surface area (Å²) in [6.45, 7) is 19.1. The summed E-state index contributed by atoms with van der Waals surface area (Å²) in [7, 11) is 0. The first-order valence-corrected chi connectivity index (χ1v) is 27.3. The van der Waals surface area contributed by atoms with Crippen molar-refractivity contribution in [3.8, 4) is 0 Å². The number of nitrogen functional groups attached to an aromatic ring is 1. The zero-order chi connectivity index (χ0) is 63.7. The maximum absolute atomic E-state index is 11.9. The summed E-state index contributed by atoms with van der Waals surface area (Å²) in [6, 6.07) is 34.6. The molecule has 0 bridgehead atoms. The molecular formula is C62H73ClN12O11. The van der Waals surface area contributed by atoms with Crippen LogP contribution in [-0.2, 0) is 22.7 Å². The number of aromatic carboxylic acids is 1. The van der Waals surface area contributed by atoms with Gasteiger partial charge >= 0.3 is 18.0 Å². The summed E-state index contributed by atoms with van der Waals surface area (Å²) in [5.74, 6) is -2.69. The van der Waals surface area contributed by atoms with E-state index in [1.807, 2.05) is 130 Å². The van der Waals surface area contributed by atoms with E-state index in [1.54, 1.807) is 36.4 Å². The van der Waals surface area contributed by atoms with E-state index in [1.165, 1.54) is 49.1 Å². The van der Waals surface area contributed by atoms with Gasteiger partial charge in [0.15, 0.2) is 0 Å². The van der Waals surface area contributed by atoms with Crippen molar-refractivity contribution in [1.29, 1.82) is 0 Å². The fourth-order valence-electron chi connectivity index (χ4n) is 6.32. The van der Waals surface area contributed by atoms with Crippen molar-refractivity contribution in [1.82, 2.24) is 51.5 Å². The maximum Gasteiger partial charge on any atom is 0.412 e. The molecule has 2 aromatic carbocycles. The number of hydrogen-bond acceptors (Lipinski definition) is 16. The predicted molar refractivity (Wildman–Crippen MR) is 326 cm³/mol. The van der Waals surface area contributed by atoms with Gasteiger partial charge in [-0.25, -0.2) is 29.3 Å². The zero-order valence-corrected chi connectivity index (χ0v) is 50.2. The van der Waals surface area contributed by atoms with Crippen molar-refractivity contribution >= 4 is 70.5 Å². The number of anilines is 2. The molecule has 0 aliphatic heterocycles. The van der Waals surface area contributed by atoms with E-state index in [-0.39, 0.29) is 89.9 Å². The summed E-state index contributed by atoms with van der Waals surface area (Å²) >= 11 is 5.63. The fraction of sp³-hybridized carbons (Fsp3) is 0.274. The van der Waals surface area contributed by atoms with Crippen LogP contribution in [0, 0.1) is 0 Å². The van der Waals surface area contributed by atoms with Gasteiger partial charge in [0, 0.05) is 48.8 Å². The Balaban J connectivity index is 0.000000288. The van der Waals surface area contributed by atoms with Crippen LogP contribution in [0.5, 0.6) is 0 Å². The minimum absolute atomic E-state index is 0.0263. The van der Waals surface area contributed by atoms with Gasteiger partial charge in [-0.3, -0.25) is 39.3 Å². The molecule has 0 saturated heterocycles. The van der Waals surface area contributed by atoms with Crippen molar-refractivity contribution in [3.05, 3.63) is 208 Å². The van der Waals surface area contributed by atoms with Crippen molar-refractivity contribution < 1.29 is 52.9 Å². The van der Waals surface area contributed by atoms with Gasteiger partial charge in [0.1, 0.15) is 41.7 Å². The van der Waals surface area contributed by atoms with Crippen LogP contribution in [0.2, 0.25) is 5.02 Å². The number of ether oxygens (including phenoxy) is 2. The summed E-state index contributed by atoms with van der Waals surface area (Å²) in [6.07, 6.45) is 6.28. The Hall–Kier alpha value is -10.2. The first-order chi connectivity index (χ1) is 40.8. The minimum Gasteiger partial charge on any atom is -0.478 e. The van der Waals surface area contributed by atoms with Crippen LogP contribution in [0.1, 0.15) is 154 Å². The Morgan fingerprint density at radius 3 is 1.10 bits per heavy atom. The molecule has 0 aliphatic rings. The molecule has 9 N–H and O–H groups in total. The first kappa shape index (κ1) is 70.1. The third kappa shape index (κ3) is 28.2. The molecule has 5 heterocycles. The number of benzene rings is 2. The molecular weight excluding hydrogens is 1120 g/mol. The molecule has 0 fully saturated rings. The third-order valence-corrected chi connectivity index (χ3v) is 10.4. The van der Waals surface area contributed by atoms with Crippen LogP contribution >= 0.6 is 11.6 Å². The number of carboxylic acids is 1. The lowest BCUT2D eigenvalue weighted by Crippen LogP contribution is -2.30. The summed E-state index contributed by atoms with van der Waals surface area (Å²) in [4.78, 5) is 111. The Morgan fingerprint density at radius 1 is 0.430 bits per heavy atom. The molecule has 0 aliphatic carbocycles. The monoisotopic (exact) mass is 1200 g/mol.